The van der Waals surface area contributed by atoms with Gasteiger partial charge in [0.1, 0.15) is 23.1 Å². The second-order valence-electron chi connectivity index (χ2n) is 10.3. The third-order valence-corrected chi connectivity index (χ3v) is 8.03. The summed E-state index contributed by atoms with van der Waals surface area (Å²) in [4.78, 5) is 32.9. The summed E-state index contributed by atoms with van der Waals surface area (Å²) in [7, 11) is 4.81. The molecule has 0 saturated carbocycles. The predicted molar refractivity (Wildman–Crippen MR) is 152 cm³/mol. The zero-order valence-corrected chi connectivity index (χ0v) is 23.4. The number of carbonyl (C=O) groups is 2. The molecule has 2 amide bonds. The highest BCUT2D eigenvalue weighted by Crippen LogP contribution is 2.38. The zero-order valence-electron chi connectivity index (χ0n) is 23.4. The van der Waals surface area contributed by atoms with E-state index in [2.05, 4.69) is 20.5 Å². The van der Waals surface area contributed by atoms with E-state index in [0.717, 1.165) is 42.6 Å². The molecule has 2 aromatic carbocycles. The number of rotatable bonds is 9. The lowest BCUT2D eigenvalue weighted by Gasteiger charge is -2.40. The Kier molecular flexibility index (Phi) is 8.09. The van der Waals surface area contributed by atoms with Gasteiger partial charge in [0.2, 0.25) is 0 Å². The van der Waals surface area contributed by atoms with Crippen molar-refractivity contribution in [2.45, 2.75) is 57.3 Å². The lowest BCUT2D eigenvalue weighted by molar-refractivity contribution is 0.0923. The van der Waals surface area contributed by atoms with Crippen molar-refractivity contribution in [2.75, 3.05) is 26.2 Å². The number of nitrogens with zero attached hydrogens (tertiary/aromatic N) is 2. The molecule has 0 spiro atoms. The molecule has 40 heavy (non-hydrogen) atoms. The van der Waals surface area contributed by atoms with Crippen LogP contribution in [0.3, 0.4) is 0 Å². The number of amides is 2. The molecule has 2 fully saturated rings. The molecule has 2 saturated heterocycles. The van der Waals surface area contributed by atoms with E-state index in [1.807, 2.05) is 49.4 Å². The molecule has 9 nitrogen and oxygen atoms in total. The standard InChI is InChI=1S/C31H36N4O5/c1-19-26(6-5-7-27(19)39-3)31(37)34-22-14-23-10-11-24(15-22)35(23)29-13-9-21(18-32-29)30(36)33-17-20-8-12-25(38-2)16-28(20)40-4/h5-9,12-13,16,18,22-24H,10-11,14-15,17H2,1-4H3,(H,33,36)(H,34,37). The van der Waals surface area contributed by atoms with Crippen molar-refractivity contribution < 1.29 is 23.8 Å². The molecule has 2 unspecified atom stereocenters. The number of pyridine rings is 1. The second-order valence-corrected chi connectivity index (χ2v) is 10.3. The van der Waals surface area contributed by atoms with Gasteiger partial charge in [-0.2, -0.15) is 0 Å². The molecule has 9 heteroatoms. The first kappa shape index (κ1) is 27.3. The van der Waals surface area contributed by atoms with E-state index in [1.165, 1.54) is 0 Å². The average molecular weight is 545 g/mol. The highest BCUT2D eigenvalue weighted by molar-refractivity contribution is 5.96. The van der Waals surface area contributed by atoms with E-state index >= 15 is 0 Å². The third-order valence-electron chi connectivity index (χ3n) is 8.03. The molecule has 2 bridgehead atoms. The van der Waals surface area contributed by atoms with E-state index < -0.39 is 0 Å². The maximum absolute atomic E-state index is 13.1. The van der Waals surface area contributed by atoms with Crippen LogP contribution in [0.15, 0.2) is 54.7 Å². The molecule has 3 heterocycles. The van der Waals surface area contributed by atoms with Crippen LogP contribution in [-0.2, 0) is 6.54 Å². The van der Waals surface area contributed by atoms with Crippen molar-refractivity contribution in [3.63, 3.8) is 0 Å². The van der Waals surface area contributed by atoms with E-state index in [-0.39, 0.29) is 17.9 Å². The lowest BCUT2D eigenvalue weighted by Crippen LogP contribution is -2.50. The number of nitrogens with one attached hydrogen (secondary N) is 2. The number of ether oxygens (including phenoxy) is 3. The summed E-state index contributed by atoms with van der Waals surface area (Å²) >= 11 is 0. The minimum absolute atomic E-state index is 0.0602. The summed E-state index contributed by atoms with van der Waals surface area (Å²) < 4.78 is 16.0. The normalized spacial score (nSPS) is 19.6. The number of methoxy groups -OCH3 is 3. The Labute approximate surface area is 234 Å². The number of carbonyl (C=O) groups excluding carboxylic acids is 2. The molecule has 210 valence electrons. The van der Waals surface area contributed by atoms with Gasteiger partial charge in [0, 0.05) is 53.6 Å². The summed E-state index contributed by atoms with van der Waals surface area (Å²) in [6.07, 6.45) is 5.47. The van der Waals surface area contributed by atoms with Crippen LogP contribution in [-0.4, -0.2) is 56.3 Å². The van der Waals surface area contributed by atoms with E-state index in [9.17, 15) is 9.59 Å². The number of benzene rings is 2. The van der Waals surface area contributed by atoms with Crippen molar-refractivity contribution in [1.29, 1.82) is 0 Å². The van der Waals surface area contributed by atoms with Crippen molar-refractivity contribution in [3.05, 3.63) is 77.0 Å². The van der Waals surface area contributed by atoms with Gasteiger partial charge in [-0.3, -0.25) is 9.59 Å². The van der Waals surface area contributed by atoms with Crippen LogP contribution >= 0.6 is 0 Å². The fourth-order valence-electron chi connectivity index (χ4n) is 5.96. The first-order chi connectivity index (χ1) is 19.4. The predicted octanol–water partition coefficient (Wildman–Crippen LogP) is 4.28. The Bertz CT molecular complexity index is 1360. The molecule has 2 atom stereocenters. The van der Waals surface area contributed by atoms with Crippen molar-refractivity contribution in [3.8, 4) is 17.2 Å². The van der Waals surface area contributed by atoms with Crippen LogP contribution in [0.25, 0.3) is 0 Å². The van der Waals surface area contributed by atoms with Crippen molar-refractivity contribution >= 4 is 17.6 Å². The fourth-order valence-corrected chi connectivity index (χ4v) is 5.96. The van der Waals surface area contributed by atoms with Crippen LogP contribution in [0.4, 0.5) is 5.82 Å². The van der Waals surface area contributed by atoms with Gasteiger partial charge in [0.05, 0.1) is 26.9 Å². The van der Waals surface area contributed by atoms with E-state index in [1.54, 1.807) is 33.6 Å². The Morgan fingerprint density at radius 3 is 2.33 bits per heavy atom. The smallest absolute Gasteiger partial charge is 0.253 e. The summed E-state index contributed by atoms with van der Waals surface area (Å²) in [6, 6.07) is 15.5. The van der Waals surface area contributed by atoms with Gasteiger partial charge in [-0.05, 0) is 69.0 Å². The van der Waals surface area contributed by atoms with Gasteiger partial charge in [-0.25, -0.2) is 4.98 Å². The quantitative estimate of drug-likeness (QED) is 0.415. The minimum Gasteiger partial charge on any atom is -0.497 e. The topological polar surface area (TPSA) is 102 Å². The summed E-state index contributed by atoms with van der Waals surface area (Å²) in [6.45, 7) is 2.23. The average Bonchev–Trinajstić information content (AvgIpc) is 3.25. The first-order valence-electron chi connectivity index (χ1n) is 13.6. The number of hydrogen-bond acceptors (Lipinski definition) is 7. The van der Waals surface area contributed by atoms with Gasteiger partial charge in [-0.15, -0.1) is 0 Å². The van der Waals surface area contributed by atoms with Gasteiger partial charge in [0.15, 0.2) is 0 Å². The van der Waals surface area contributed by atoms with Crippen molar-refractivity contribution in [1.82, 2.24) is 15.6 Å². The number of piperidine rings is 1. The number of aromatic nitrogens is 1. The maximum Gasteiger partial charge on any atom is 0.253 e. The second kappa shape index (κ2) is 11.9. The Balaban J connectivity index is 1.19. The third kappa shape index (κ3) is 5.54. The molecular formula is C31H36N4O5. The van der Waals surface area contributed by atoms with Crippen LogP contribution in [0.2, 0.25) is 0 Å². The molecular weight excluding hydrogens is 508 g/mol. The minimum atomic E-state index is -0.200. The van der Waals surface area contributed by atoms with Crippen LogP contribution in [0.1, 0.15) is 57.5 Å². The van der Waals surface area contributed by atoms with E-state index in [0.29, 0.717) is 47.0 Å². The molecule has 0 radical (unpaired) electrons. The molecule has 5 rings (SSSR count). The zero-order chi connectivity index (χ0) is 28.2. The van der Waals surface area contributed by atoms with Crippen LogP contribution in [0.5, 0.6) is 17.2 Å². The van der Waals surface area contributed by atoms with Gasteiger partial charge >= 0.3 is 0 Å². The summed E-state index contributed by atoms with van der Waals surface area (Å²) in [5.41, 5.74) is 2.85. The molecule has 1 aromatic heterocycles. The largest absolute Gasteiger partial charge is 0.497 e. The lowest BCUT2D eigenvalue weighted by atomic mass is 9.96. The number of fused-ring (bicyclic) bond motifs is 2. The highest BCUT2D eigenvalue weighted by Gasteiger charge is 2.42. The molecule has 2 N–H and O–H groups in total. The Morgan fingerprint density at radius 2 is 1.68 bits per heavy atom. The SMILES string of the molecule is COc1ccc(CNC(=O)c2ccc(N3C4CCC3CC(NC(=O)c3cccc(OC)c3C)C4)nc2)c(OC)c1. The molecule has 3 aromatic rings. The Morgan fingerprint density at radius 1 is 0.925 bits per heavy atom. The van der Waals surface area contributed by atoms with Gasteiger partial charge in [0.25, 0.3) is 11.8 Å². The molecule has 0 aliphatic carbocycles. The maximum atomic E-state index is 13.1. The summed E-state index contributed by atoms with van der Waals surface area (Å²) in [5.74, 6) is 2.67. The monoisotopic (exact) mass is 544 g/mol. The van der Waals surface area contributed by atoms with Gasteiger partial charge in [-0.1, -0.05) is 6.07 Å². The summed E-state index contributed by atoms with van der Waals surface area (Å²) in [5, 5.41) is 6.20. The van der Waals surface area contributed by atoms with Crippen LogP contribution < -0.4 is 29.7 Å². The van der Waals surface area contributed by atoms with Crippen LogP contribution in [0, 0.1) is 6.92 Å². The van der Waals surface area contributed by atoms with Gasteiger partial charge < -0.3 is 29.7 Å². The number of anilines is 1. The van der Waals surface area contributed by atoms with Crippen molar-refractivity contribution in [2.24, 2.45) is 0 Å². The molecule has 2 aliphatic rings. The van der Waals surface area contributed by atoms with E-state index in [4.69, 9.17) is 14.2 Å². The molecule has 2 aliphatic heterocycles. The fraction of sp³-hybridized carbons (Fsp3) is 0.387. The first-order valence-corrected chi connectivity index (χ1v) is 13.6. The Hall–Kier alpha value is -4.27. The highest BCUT2D eigenvalue weighted by atomic mass is 16.5. The number of hydrogen-bond donors (Lipinski definition) is 2.